The Morgan fingerprint density at radius 2 is 1.79 bits per heavy atom. The van der Waals surface area contributed by atoms with Gasteiger partial charge in [0.25, 0.3) is 0 Å². The highest BCUT2D eigenvalue weighted by Crippen LogP contribution is 2.32. The number of aryl methyl sites for hydroxylation is 2. The summed E-state index contributed by atoms with van der Waals surface area (Å²) in [6, 6.07) is 8.38. The zero-order valence-corrected chi connectivity index (χ0v) is 18.1. The molecule has 1 amide bonds. The minimum Gasteiger partial charge on any atom is -0.353 e. The molecule has 0 unspecified atom stereocenters. The zero-order chi connectivity index (χ0) is 20.5. The normalized spacial score (nSPS) is 17.6. The van der Waals surface area contributed by atoms with E-state index in [-0.39, 0.29) is 5.92 Å². The number of anilines is 1. The molecule has 1 aromatic heterocycles. The van der Waals surface area contributed by atoms with Gasteiger partial charge in [0.05, 0.1) is 0 Å². The molecule has 1 aliphatic heterocycles. The number of piperazine rings is 1. The number of hydrogen-bond donors (Lipinski definition) is 0. The van der Waals surface area contributed by atoms with Crippen molar-refractivity contribution in [1.82, 2.24) is 14.9 Å². The number of benzene rings is 1. The Bertz CT molecular complexity index is 896. The van der Waals surface area contributed by atoms with E-state index < -0.39 is 0 Å². The topological polar surface area (TPSA) is 49.3 Å². The SMILES string of the molecule is Cc1cccc(-c2nc(C)c(C(C)C)c(N3CCN(C(=O)C4CCC4)CC3)n2)c1. The molecule has 5 nitrogen and oxygen atoms in total. The number of nitrogens with zero attached hydrogens (tertiary/aromatic N) is 4. The molecule has 0 atom stereocenters. The van der Waals surface area contributed by atoms with Crippen LogP contribution in [0.15, 0.2) is 24.3 Å². The van der Waals surface area contributed by atoms with Gasteiger partial charge < -0.3 is 9.80 Å². The van der Waals surface area contributed by atoms with Crippen molar-refractivity contribution in [2.45, 2.75) is 52.9 Å². The first-order valence-electron chi connectivity index (χ1n) is 10.9. The molecule has 2 aromatic rings. The lowest BCUT2D eigenvalue weighted by molar-refractivity contribution is -0.138. The smallest absolute Gasteiger partial charge is 0.225 e. The molecule has 4 rings (SSSR count). The van der Waals surface area contributed by atoms with Gasteiger partial charge in [-0.2, -0.15) is 0 Å². The van der Waals surface area contributed by atoms with Crippen LogP contribution in [0, 0.1) is 19.8 Å². The maximum absolute atomic E-state index is 12.6. The maximum Gasteiger partial charge on any atom is 0.225 e. The summed E-state index contributed by atoms with van der Waals surface area (Å²) in [6.45, 7) is 11.8. The second-order valence-electron chi connectivity index (χ2n) is 8.83. The van der Waals surface area contributed by atoms with E-state index >= 15 is 0 Å². The van der Waals surface area contributed by atoms with Crippen molar-refractivity contribution in [3.8, 4) is 11.4 Å². The van der Waals surface area contributed by atoms with E-state index in [0.717, 1.165) is 61.9 Å². The summed E-state index contributed by atoms with van der Waals surface area (Å²) in [7, 11) is 0. The predicted octanol–water partition coefficient (Wildman–Crippen LogP) is 4.33. The van der Waals surface area contributed by atoms with E-state index in [1.165, 1.54) is 17.5 Å². The van der Waals surface area contributed by atoms with Gasteiger partial charge in [0.1, 0.15) is 5.82 Å². The van der Waals surface area contributed by atoms with Crippen molar-refractivity contribution in [2.75, 3.05) is 31.1 Å². The molecule has 0 radical (unpaired) electrons. The van der Waals surface area contributed by atoms with Crippen molar-refractivity contribution in [3.05, 3.63) is 41.1 Å². The van der Waals surface area contributed by atoms with Crippen LogP contribution in [0.3, 0.4) is 0 Å². The molecular weight excluding hydrogens is 360 g/mol. The van der Waals surface area contributed by atoms with Gasteiger partial charge in [-0.05, 0) is 38.7 Å². The minimum absolute atomic E-state index is 0.280. The highest BCUT2D eigenvalue weighted by Gasteiger charge is 2.32. The average Bonchev–Trinajstić information content (AvgIpc) is 2.65. The number of carbonyl (C=O) groups is 1. The van der Waals surface area contributed by atoms with Gasteiger partial charge in [-0.15, -0.1) is 0 Å². The summed E-state index contributed by atoms with van der Waals surface area (Å²) in [5, 5.41) is 0. The maximum atomic E-state index is 12.6. The molecule has 2 aliphatic rings. The highest BCUT2D eigenvalue weighted by molar-refractivity contribution is 5.80. The Balaban J connectivity index is 1.61. The molecule has 0 bridgehead atoms. The van der Waals surface area contributed by atoms with Gasteiger partial charge in [0.15, 0.2) is 5.82 Å². The van der Waals surface area contributed by atoms with Crippen LogP contribution in [0.2, 0.25) is 0 Å². The number of hydrogen-bond acceptors (Lipinski definition) is 4. The second-order valence-corrected chi connectivity index (χ2v) is 8.83. The van der Waals surface area contributed by atoms with Crippen molar-refractivity contribution in [2.24, 2.45) is 5.92 Å². The minimum atomic E-state index is 0.280. The fraction of sp³-hybridized carbons (Fsp3) is 0.542. The monoisotopic (exact) mass is 392 g/mol. The van der Waals surface area contributed by atoms with E-state index in [1.807, 2.05) is 0 Å². The Labute approximate surface area is 174 Å². The molecule has 1 aromatic carbocycles. The Morgan fingerprint density at radius 1 is 1.07 bits per heavy atom. The number of aromatic nitrogens is 2. The van der Waals surface area contributed by atoms with Gasteiger partial charge in [-0.25, -0.2) is 9.97 Å². The van der Waals surface area contributed by atoms with E-state index in [0.29, 0.717) is 11.8 Å². The Hall–Kier alpha value is -2.43. The van der Waals surface area contributed by atoms with Gasteiger partial charge in [-0.3, -0.25) is 4.79 Å². The summed E-state index contributed by atoms with van der Waals surface area (Å²) in [6.07, 6.45) is 3.35. The van der Waals surface area contributed by atoms with Crippen LogP contribution >= 0.6 is 0 Å². The molecule has 2 fully saturated rings. The number of rotatable bonds is 4. The van der Waals surface area contributed by atoms with Crippen molar-refractivity contribution in [3.63, 3.8) is 0 Å². The summed E-state index contributed by atoms with van der Waals surface area (Å²) in [5.41, 5.74) is 4.54. The van der Waals surface area contributed by atoms with Gasteiger partial charge >= 0.3 is 0 Å². The van der Waals surface area contributed by atoms with Crippen molar-refractivity contribution < 1.29 is 4.79 Å². The van der Waals surface area contributed by atoms with E-state index in [2.05, 4.69) is 61.8 Å². The molecule has 0 spiro atoms. The third-order valence-corrected chi connectivity index (χ3v) is 6.32. The van der Waals surface area contributed by atoms with Crippen LogP contribution in [-0.2, 0) is 4.79 Å². The molecule has 2 heterocycles. The van der Waals surface area contributed by atoms with E-state index in [1.54, 1.807) is 0 Å². The second kappa shape index (κ2) is 8.13. The van der Waals surface area contributed by atoms with Crippen molar-refractivity contribution >= 4 is 11.7 Å². The molecule has 1 saturated heterocycles. The fourth-order valence-electron chi connectivity index (χ4n) is 4.45. The lowest BCUT2D eigenvalue weighted by atomic mass is 9.84. The first kappa shape index (κ1) is 19.9. The predicted molar refractivity (Wildman–Crippen MR) is 117 cm³/mol. The number of carbonyl (C=O) groups excluding carboxylic acids is 1. The van der Waals surface area contributed by atoms with Gasteiger partial charge in [-0.1, -0.05) is 44.0 Å². The standard InChI is InChI=1S/C24H32N4O/c1-16(2)21-18(4)25-22(20-10-5-7-17(3)15-20)26-23(21)27-11-13-28(14-12-27)24(29)19-8-6-9-19/h5,7,10,15-16,19H,6,8-9,11-14H2,1-4H3. The Morgan fingerprint density at radius 3 is 2.38 bits per heavy atom. The first-order chi connectivity index (χ1) is 13.9. The van der Waals surface area contributed by atoms with E-state index in [9.17, 15) is 4.79 Å². The molecule has 1 aliphatic carbocycles. The lowest BCUT2D eigenvalue weighted by Crippen LogP contribution is -2.51. The van der Waals surface area contributed by atoms with Crippen LogP contribution in [0.1, 0.15) is 55.8 Å². The van der Waals surface area contributed by atoms with Gasteiger partial charge in [0, 0.05) is 48.9 Å². The molecule has 1 saturated carbocycles. The highest BCUT2D eigenvalue weighted by atomic mass is 16.2. The quantitative estimate of drug-likeness (QED) is 0.777. The van der Waals surface area contributed by atoms with E-state index in [4.69, 9.17) is 9.97 Å². The molecule has 5 heteroatoms. The zero-order valence-electron chi connectivity index (χ0n) is 18.1. The average molecular weight is 393 g/mol. The first-order valence-corrected chi connectivity index (χ1v) is 10.9. The summed E-state index contributed by atoms with van der Waals surface area (Å²) >= 11 is 0. The lowest BCUT2D eigenvalue weighted by Gasteiger charge is -2.39. The fourth-order valence-corrected chi connectivity index (χ4v) is 4.45. The largest absolute Gasteiger partial charge is 0.353 e. The Kier molecular flexibility index (Phi) is 5.57. The van der Waals surface area contributed by atoms with Crippen LogP contribution in [0.4, 0.5) is 5.82 Å². The molecule has 154 valence electrons. The third kappa shape index (κ3) is 4.00. The third-order valence-electron chi connectivity index (χ3n) is 6.32. The number of amides is 1. The van der Waals surface area contributed by atoms with Gasteiger partial charge in [0.2, 0.25) is 5.91 Å². The van der Waals surface area contributed by atoms with Crippen molar-refractivity contribution in [1.29, 1.82) is 0 Å². The summed E-state index contributed by atoms with van der Waals surface area (Å²) in [5.74, 6) is 2.82. The summed E-state index contributed by atoms with van der Waals surface area (Å²) < 4.78 is 0. The van der Waals surface area contributed by atoms with Crippen LogP contribution < -0.4 is 4.90 Å². The summed E-state index contributed by atoms with van der Waals surface area (Å²) in [4.78, 5) is 26.9. The van der Waals surface area contributed by atoms with Crippen LogP contribution in [0.5, 0.6) is 0 Å². The molecule has 29 heavy (non-hydrogen) atoms. The molecular formula is C24H32N4O. The van der Waals surface area contributed by atoms with Crippen LogP contribution in [-0.4, -0.2) is 47.0 Å². The molecule has 0 N–H and O–H groups in total. The van der Waals surface area contributed by atoms with Crippen LogP contribution in [0.25, 0.3) is 11.4 Å².